The highest BCUT2D eigenvalue weighted by atomic mass is 32.1. The zero-order valence-electron chi connectivity index (χ0n) is 15.2. The quantitative estimate of drug-likeness (QED) is 0.719. The Hall–Kier alpha value is -1.87. The number of hydrogen-bond donors (Lipinski definition) is 2. The topological polar surface area (TPSA) is 92.0 Å². The number of aliphatic carboxylic acids is 1. The Labute approximate surface area is 161 Å². The summed E-state index contributed by atoms with van der Waals surface area (Å²) in [6.45, 7) is 6.37. The van der Waals surface area contributed by atoms with Crippen LogP contribution in [0.4, 0.5) is 4.79 Å². The third kappa shape index (κ3) is 5.31. The predicted octanol–water partition coefficient (Wildman–Crippen LogP) is 4.22. The lowest BCUT2D eigenvalue weighted by Crippen LogP contribution is -2.33. The first-order chi connectivity index (χ1) is 12.1. The standard InChI is InChI=1S/C17H24N2O5S2/c1-17(2,3)24-15(23)18-8-4-6-11(18)10-12-14(22)19(16(25)26-12)9-5-7-13(20)21/h10,22H,4-9H2,1-3H3,(H,20,21). The van der Waals surface area contributed by atoms with Crippen LogP contribution in [0.25, 0.3) is 6.08 Å². The number of carbonyl (C=O) groups is 2. The van der Waals surface area contributed by atoms with Gasteiger partial charge in [-0.25, -0.2) is 4.79 Å². The molecule has 0 radical (unpaired) electrons. The molecule has 1 saturated heterocycles. The number of allylic oxidation sites excluding steroid dienone is 1. The molecule has 9 heteroatoms. The van der Waals surface area contributed by atoms with Crippen molar-refractivity contribution >= 4 is 41.7 Å². The van der Waals surface area contributed by atoms with Crippen LogP contribution in [-0.2, 0) is 16.1 Å². The second-order valence-electron chi connectivity index (χ2n) is 7.08. The first-order valence-electron chi connectivity index (χ1n) is 8.44. The van der Waals surface area contributed by atoms with Crippen LogP contribution in [0.3, 0.4) is 0 Å². The van der Waals surface area contributed by atoms with Crippen LogP contribution in [0.1, 0.15) is 51.3 Å². The molecule has 7 nitrogen and oxygen atoms in total. The summed E-state index contributed by atoms with van der Waals surface area (Å²) in [7, 11) is 0. The summed E-state index contributed by atoms with van der Waals surface area (Å²) in [5.41, 5.74) is 0.208. The Kier molecular flexibility index (Phi) is 6.46. The van der Waals surface area contributed by atoms with Gasteiger partial charge in [-0.2, -0.15) is 0 Å². The summed E-state index contributed by atoms with van der Waals surface area (Å²) in [6.07, 6.45) is 3.30. The largest absolute Gasteiger partial charge is 0.493 e. The van der Waals surface area contributed by atoms with Gasteiger partial charge in [0.25, 0.3) is 0 Å². The van der Waals surface area contributed by atoms with Crippen LogP contribution in [0.15, 0.2) is 5.70 Å². The molecule has 0 aromatic carbocycles. The van der Waals surface area contributed by atoms with Gasteiger partial charge in [-0.1, -0.05) is 0 Å². The Morgan fingerprint density at radius 1 is 1.38 bits per heavy atom. The first kappa shape index (κ1) is 20.4. The third-order valence-corrected chi connectivity index (χ3v) is 5.12. The van der Waals surface area contributed by atoms with Crippen molar-refractivity contribution in [3.63, 3.8) is 0 Å². The van der Waals surface area contributed by atoms with Crippen molar-refractivity contribution in [2.75, 3.05) is 6.54 Å². The van der Waals surface area contributed by atoms with Crippen LogP contribution >= 0.6 is 23.6 Å². The van der Waals surface area contributed by atoms with Gasteiger partial charge >= 0.3 is 12.1 Å². The fourth-order valence-electron chi connectivity index (χ4n) is 2.62. The molecule has 1 amide bonds. The van der Waals surface area contributed by atoms with E-state index in [2.05, 4.69) is 0 Å². The molecular weight excluding hydrogens is 376 g/mol. The Morgan fingerprint density at radius 2 is 2.08 bits per heavy atom. The van der Waals surface area contributed by atoms with E-state index in [-0.39, 0.29) is 12.3 Å². The number of likely N-dealkylation sites (tertiary alicyclic amines) is 1. The van der Waals surface area contributed by atoms with Crippen molar-refractivity contribution in [2.24, 2.45) is 0 Å². The van der Waals surface area contributed by atoms with Crippen LogP contribution in [0.5, 0.6) is 5.88 Å². The minimum absolute atomic E-state index is 0.00827. The van der Waals surface area contributed by atoms with Crippen LogP contribution in [0.2, 0.25) is 0 Å². The number of hydrogen-bond acceptors (Lipinski definition) is 6. The number of carboxylic acids is 1. The minimum atomic E-state index is -0.882. The van der Waals surface area contributed by atoms with E-state index in [1.54, 1.807) is 11.0 Å². The molecule has 0 spiro atoms. The molecule has 144 valence electrons. The molecule has 2 N–H and O–H groups in total. The first-order valence-corrected chi connectivity index (χ1v) is 9.66. The SMILES string of the molecule is CC(C)(C)OC(=O)N1CCCC1=Cc1sc(=S)n(CCCC(=O)O)c1O. The van der Waals surface area contributed by atoms with E-state index in [0.717, 1.165) is 12.1 Å². The molecule has 1 aliphatic rings. The molecule has 0 bridgehead atoms. The average Bonchev–Trinajstić information content (AvgIpc) is 3.05. The molecule has 0 aliphatic carbocycles. The van der Waals surface area contributed by atoms with Gasteiger partial charge in [0.1, 0.15) is 5.60 Å². The molecule has 2 heterocycles. The number of nitrogens with zero attached hydrogens (tertiary/aromatic N) is 2. The number of amides is 1. The lowest BCUT2D eigenvalue weighted by Gasteiger charge is -2.25. The smallest absolute Gasteiger partial charge is 0.414 e. The van der Waals surface area contributed by atoms with E-state index >= 15 is 0 Å². The van der Waals surface area contributed by atoms with Gasteiger partial charge in [-0.15, -0.1) is 11.3 Å². The number of rotatable bonds is 5. The molecule has 1 aromatic rings. The summed E-state index contributed by atoms with van der Waals surface area (Å²) in [4.78, 5) is 25.1. The van der Waals surface area contributed by atoms with Gasteiger partial charge in [0.2, 0.25) is 5.88 Å². The Balaban J connectivity index is 2.19. The number of ether oxygens (including phenoxy) is 1. The maximum Gasteiger partial charge on any atom is 0.414 e. The highest BCUT2D eigenvalue weighted by Crippen LogP contribution is 2.32. The Bertz CT molecular complexity index is 773. The molecule has 2 rings (SSSR count). The summed E-state index contributed by atoms with van der Waals surface area (Å²) in [5, 5.41) is 19.2. The van der Waals surface area contributed by atoms with Gasteiger partial charge in [0.15, 0.2) is 3.95 Å². The molecule has 26 heavy (non-hydrogen) atoms. The molecule has 1 aromatic heterocycles. The van der Waals surface area contributed by atoms with Gasteiger partial charge in [-0.3, -0.25) is 14.3 Å². The van der Waals surface area contributed by atoms with E-state index < -0.39 is 17.7 Å². The number of aromatic hydroxyl groups is 1. The maximum absolute atomic E-state index is 12.3. The van der Waals surface area contributed by atoms with Gasteiger partial charge in [-0.05, 0) is 58.3 Å². The van der Waals surface area contributed by atoms with E-state index in [1.165, 1.54) is 15.9 Å². The summed E-state index contributed by atoms with van der Waals surface area (Å²) < 4.78 is 7.43. The third-order valence-electron chi connectivity index (χ3n) is 3.74. The van der Waals surface area contributed by atoms with Crippen molar-refractivity contribution in [3.05, 3.63) is 14.5 Å². The number of aromatic nitrogens is 1. The molecule has 1 fully saturated rings. The zero-order chi connectivity index (χ0) is 19.5. The second-order valence-corrected chi connectivity index (χ2v) is 8.75. The molecule has 1 aliphatic heterocycles. The number of carbonyl (C=O) groups excluding carboxylic acids is 1. The lowest BCUT2D eigenvalue weighted by atomic mass is 10.2. The van der Waals surface area contributed by atoms with E-state index in [0.29, 0.717) is 34.8 Å². The van der Waals surface area contributed by atoms with Crippen molar-refractivity contribution < 1.29 is 24.5 Å². The average molecular weight is 401 g/mol. The lowest BCUT2D eigenvalue weighted by molar-refractivity contribution is -0.137. The number of thiazole rings is 1. The normalized spacial score (nSPS) is 16.3. The zero-order valence-corrected chi connectivity index (χ0v) is 16.8. The van der Waals surface area contributed by atoms with E-state index in [9.17, 15) is 14.7 Å². The van der Waals surface area contributed by atoms with Gasteiger partial charge in [0, 0.05) is 25.2 Å². The van der Waals surface area contributed by atoms with Crippen molar-refractivity contribution in [1.82, 2.24) is 9.47 Å². The molecule has 0 unspecified atom stereocenters. The maximum atomic E-state index is 12.3. The van der Waals surface area contributed by atoms with Crippen LogP contribution < -0.4 is 0 Å². The molecular formula is C17H24N2O5S2. The minimum Gasteiger partial charge on any atom is -0.493 e. The Morgan fingerprint density at radius 3 is 2.69 bits per heavy atom. The van der Waals surface area contributed by atoms with Crippen molar-refractivity contribution in [3.8, 4) is 5.88 Å². The predicted molar refractivity (Wildman–Crippen MR) is 102 cm³/mol. The fourth-order valence-corrected chi connectivity index (χ4v) is 3.94. The number of carboxylic acid groups (broad SMARTS) is 1. The van der Waals surface area contributed by atoms with Crippen LogP contribution in [0, 0.1) is 3.95 Å². The van der Waals surface area contributed by atoms with Gasteiger partial charge in [0.05, 0.1) is 4.88 Å². The van der Waals surface area contributed by atoms with E-state index in [4.69, 9.17) is 22.1 Å². The highest BCUT2D eigenvalue weighted by molar-refractivity contribution is 7.73. The summed E-state index contributed by atoms with van der Waals surface area (Å²) >= 11 is 6.51. The monoisotopic (exact) mass is 400 g/mol. The highest BCUT2D eigenvalue weighted by Gasteiger charge is 2.28. The van der Waals surface area contributed by atoms with Gasteiger partial charge < -0.3 is 14.9 Å². The fraction of sp³-hybridized carbons (Fsp3) is 0.588. The molecule has 0 saturated carbocycles. The summed E-state index contributed by atoms with van der Waals surface area (Å²) in [6, 6.07) is 0. The molecule has 0 atom stereocenters. The van der Waals surface area contributed by atoms with Crippen molar-refractivity contribution in [2.45, 2.75) is 58.6 Å². The van der Waals surface area contributed by atoms with Crippen LogP contribution in [-0.4, -0.2) is 43.9 Å². The van der Waals surface area contributed by atoms with Crippen molar-refractivity contribution in [1.29, 1.82) is 0 Å². The second kappa shape index (κ2) is 8.22. The van der Waals surface area contributed by atoms with E-state index in [1.807, 2.05) is 20.8 Å². The summed E-state index contributed by atoms with van der Waals surface area (Å²) in [5.74, 6) is -0.874.